The lowest BCUT2D eigenvalue weighted by Gasteiger charge is -2.17. The van der Waals surface area contributed by atoms with Crippen LogP contribution >= 0.6 is 0 Å². The van der Waals surface area contributed by atoms with Gasteiger partial charge in [-0.2, -0.15) is 0 Å². The van der Waals surface area contributed by atoms with E-state index in [1.54, 1.807) is 24.3 Å². The minimum atomic E-state index is -1.99. The van der Waals surface area contributed by atoms with E-state index in [1.165, 1.54) is 7.11 Å². The third-order valence-electron chi connectivity index (χ3n) is 3.57. The molecule has 2 aromatic carbocycles. The van der Waals surface area contributed by atoms with Crippen LogP contribution in [0.4, 0.5) is 26.2 Å². The van der Waals surface area contributed by atoms with Gasteiger partial charge in [-0.1, -0.05) is 6.07 Å². The van der Waals surface area contributed by atoms with E-state index in [-0.39, 0.29) is 12.2 Å². The van der Waals surface area contributed by atoms with Crippen molar-refractivity contribution in [3.05, 3.63) is 42.2 Å². The number of rotatable bonds is 4. The number of hydrogen-bond donors (Lipinski definition) is 4. The van der Waals surface area contributed by atoms with Gasteiger partial charge in [0.25, 0.3) is 5.91 Å². The van der Waals surface area contributed by atoms with E-state index in [0.717, 1.165) is 16.4 Å². The Hall–Kier alpha value is -3.34. The lowest BCUT2D eigenvalue weighted by molar-refractivity contribution is -0.117. The number of halogens is 1. The average molecular weight is 394 g/mol. The summed E-state index contributed by atoms with van der Waals surface area (Å²) in [5.41, 5.74) is 0.0223. The number of phenolic OH excluding ortho intramolecular Hbond substituents is 1. The Morgan fingerprint density at radius 2 is 2.04 bits per heavy atom. The smallest absolute Gasteiger partial charge is 0.323 e. The summed E-state index contributed by atoms with van der Waals surface area (Å²) in [6, 6.07) is 7.97. The van der Waals surface area contributed by atoms with Gasteiger partial charge in [0.05, 0.1) is 7.11 Å². The maximum Gasteiger partial charge on any atom is 0.323 e. The highest BCUT2D eigenvalue weighted by atomic mass is 32.2. The van der Waals surface area contributed by atoms with Crippen molar-refractivity contribution in [1.29, 1.82) is 0 Å². The zero-order valence-electron chi connectivity index (χ0n) is 14.0. The predicted octanol–water partition coefficient (Wildman–Crippen LogP) is 1.70. The number of nitrogens with zero attached hydrogens (tertiary/aromatic N) is 1. The number of nitrogens with one attached hydrogen (secondary N) is 3. The summed E-state index contributed by atoms with van der Waals surface area (Å²) in [4.78, 5) is 23.3. The fourth-order valence-electron chi connectivity index (χ4n) is 2.43. The maximum atomic E-state index is 14.4. The third kappa shape index (κ3) is 4.08. The highest BCUT2D eigenvalue weighted by molar-refractivity contribution is 7.85. The second kappa shape index (κ2) is 7.50. The van der Waals surface area contributed by atoms with Crippen LogP contribution in [0.25, 0.3) is 0 Å². The molecule has 1 aliphatic heterocycles. The van der Waals surface area contributed by atoms with Gasteiger partial charge in [-0.3, -0.25) is 13.8 Å². The minimum Gasteiger partial charge on any atom is -0.506 e. The van der Waals surface area contributed by atoms with Gasteiger partial charge in [-0.25, -0.2) is 13.4 Å². The van der Waals surface area contributed by atoms with Gasteiger partial charge in [-0.15, -0.1) is 0 Å². The van der Waals surface area contributed by atoms with E-state index in [0.29, 0.717) is 11.4 Å². The lowest BCUT2D eigenvalue weighted by Crippen LogP contribution is -2.24. The van der Waals surface area contributed by atoms with Crippen molar-refractivity contribution in [2.75, 3.05) is 28.6 Å². The second-order valence-corrected chi connectivity index (χ2v) is 6.59. The summed E-state index contributed by atoms with van der Waals surface area (Å²) < 4.78 is 34.1. The van der Waals surface area contributed by atoms with Crippen molar-refractivity contribution in [2.24, 2.45) is 0 Å². The first-order chi connectivity index (χ1) is 12.9. The summed E-state index contributed by atoms with van der Waals surface area (Å²) in [6.45, 7) is -0.361. The fourth-order valence-corrected chi connectivity index (χ4v) is 3.38. The van der Waals surface area contributed by atoms with Crippen LogP contribution in [0.2, 0.25) is 0 Å². The highest BCUT2D eigenvalue weighted by Gasteiger charge is 2.31. The predicted molar refractivity (Wildman–Crippen MR) is 97.3 cm³/mol. The van der Waals surface area contributed by atoms with Crippen LogP contribution < -0.4 is 24.4 Å². The van der Waals surface area contributed by atoms with Crippen LogP contribution in [0.1, 0.15) is 0 Å². The van der Waals surface area contributed by atoms with E-state index in [4.69, 9.17) is 4.74 Å². The summed E-state index contributed by atoms with van der Waals surface area (Å²) in [5, 5.41) is 15.0. The van der Waals surface area contributed by atoms with E-state index in [9.17, 15) is 23.3 Å². The average Bonchev–Trinajstić information content (AvgIpc) is 2.92. The van der Waals surface area contributed by atoms with Crippen LogP contribution in [-0.2, 0) is 16.0 Å². The van der Waals surface area contributed by atoms with Gasteiger partial charge < -0.3 is 20.5 Å². The molecule has 9 nitrogen and oxygen atoms in total. The van der Waals surface area contributed by atoms with Crippen LogP contribution in [0.3, 0.4) is 0 Å². The molecule has 27 heavy (non-hydrogen) atoms. The first kappa shape index (κ1) is 18.5. The molecule has 11 heteroatoms. The Balaban J connectivity index is 1.75. The molecule has 0 aliphatic carbocycles. The molecule has 1 saturated heterocycles. The van der Waals surface area contributed by atoms with Crippen molar-refractivity contribution < 1.29 is 28.0 Å². The number of carbonyl (C=O) groups excluding carboxylic acids is 2. The Bertz CT molecular complexity index is 916. The van der Waals surface area contributed by atoms with Crippen molar-refractivity contribution >= 4 is 40.2 Å². The number of anilines is 3. The highest BCUT2D eigenvalue weighted by Crippen LogP contribution is 2.35. The van der Waals surface area contributed by atoms with Gasteiger partial charge in [0.1, 0.15) is 23.7 Å². The Morgan fingerprint density at radius 3 is 2.67 bits per heavy atom. The van der Waals surface area contributed by atoms with Crippen molar-refractivity contribution in [3.8, 4) is 11.5 Å². The largest absolute Gasteiger partial charge is 0.506 e. The minimum absolute atomic E-state index is 0.0292. The van der Waals surface area contributed by atoms with Crippen LogP contribution in [0, 0.1) is 5.82 Å². The first-order valence-corrected chi connectivity index (χ1v) is 8.71. The topological polar surface area (TPSA) is 120 Å². The Labute approximate surface area is 155 Å². The molecule has 0 radical (unpaired) electrons. The number of phenols is 1. The monoisotopic (exact) mass is 394 g/mol. The number of amides is 3. The molecule has 1 fully saturated rings. The summed E-state index contributed by atoms with van der Waals surface area (Å²) in [6.07, 6.45) is 0. The van der Waals surface area contributed by atoms with Crippen LogP contribution in [0.5, 0.6) is 11.5 Å². The van der Waals surface area contributed by atoms with E-state index < -0.39 is 40.4 Å². The summed E-state index contributed by atoms with van der Waals surface area (Å²) in [7, 11) is 1.49. The zero-order valence-corrected chi connectivity index (χ0v) is 14.8. The molecule has 3 amide bonds. The molecule has 1 atom stereocenters. The summed E-state index contributed by atoms with van der Waals surface area (Å²) in [5.74, 6) is -1.54. The van der Waals surface area contributed by atoms with Gasteiger partial charge in [0.2, 0.25) is 11.2 Å². The van der Waals surface area contributed by atoms with E-state index in [2.05, 4.69) is 15.4 Å². The quantitative estimate of drug-likeness (QED) is 0.629. The zero-order chi connectivity index (χ0) is 19.6. The first-order valence-electron chi connectivity index (χ1n) is 7.61. The molecule has 0 aromatic heterocycles. The molecule has 0 saturated carbocycles. The number of carbonyl (C=O) groups is 2. The third-order valence-corrected chi connectivity index (χ3v) is 4.68. The normalized spacial score (nSPS) is 16.0. The molecule has 0 bridgehead atoms. The van der Waals surface area contributed by atoms with Gasteiger partial charge in [-0.05, 0) is 18.2 Å². The standard InChI is InChI=1S/C16H15FN4O5S/c1-26-11-4-2-3-9(5-11)18-16(24)19-10-6-12(17)15(13(22)7-10)21-8-14(23)20-27(21)25/h2-7,22H,8H2,1H3,(H,20,23)(H2,18,19,24). The van der Waals surface area contributed by atoms with Crippen molar-refractivity contribution in [3.63, 3.8) is 0 Å². The maximum absolute atomic E-state index is 14.4. The molecule has 1 aliphatic rings. The van der Waals surface area contributed by atoms with Crippen molar-refractivity contribution in [1.82, 2.24) is 4.72 Å². The van der Waals surface area contributed by atoms with Crippen LogP contribution in [-0.4, -0.2) is 34.9 Å². The van der Waals surface area contributed by atoms with Gasteiger partial charge >= 0.3 is 6.03 Å². The number of benzene rings is 2. The number of hydrogen-bond acceptors (Lipinski definition) is 5. The molecule has 1 heterocycles. The van der Waals surface area contributed by atoms with Gasteiger partial charge in [0, 0.05) is 23.5 Å². The number of urea groups is 1. The van der Waals surface area contributed by atoms with Gasteiger partial charge in [0.15, 0.2) is 5.82 Å². The van der Waals surface area contributed by atoms with E-state index >= 15 is 0 Å². The molecule has 142 valence electrons. The molecule has 3 rings (SSSR count). The fraction of sp³-hybridized carbons (Fsp3) is 0.125. The Morgan fingerprint density at radius 1 is 1.30 bits per heavy atom. The lowest BCUT2D eigenvalue weighted by atomic mass is 10.2. The number of methoxy groups -OCH3 is 1. The molecule has 0 spiro atoms. The van der Waals surface area contributed by atoms with E-state index in [1.807, 2.05) is 0 Å². The SMILES string of the molecule is COc1cccc(NC(=O)Nc2cc(O)c(N3CC(=O)NS3=O)c(F)c2)c1. The van der Waals surface area contributed by atoms with Crippen molar-refractivity contribution in [2.45, 2.75) is 0 Å². The number of ether oxygens (including phenoxy) is 1. The van der Waals surface area contributed by atoms with Crippen LogP contribution in [0.15, 0.2) is 36.4 Å². The molecular weight excluding hydrogens is 379 g/mol. The molecule has 4 N–H and O–H groups in total. The second-order valence-electron chi connectivity index (χ2n) is 5.45. The molecular formula is C16H15FN4O5S. The Kier molecular flexibility index (Phi) is 5.12. The summed E-state index contributed by atoms with van der Waals surface area (Å²) >= 11 is -1.99. The number of aromatic hydroxyl groups is 1. The molecule has 2 aromatic rings. The molecule has 1 unspecified atom stereocenters.